The highest BCUT2D eigenvalue weighted by Gasteiger charge is 2.50. The summed E-state index contributed by atoms with van der Waals surface area (Å²) in [6.45, 7) is 6.04. The molecular weight excluding hydrogens is 368 g/mol. The highest BCUT2D eigenvalue weighted by molar-refractivity contribution is 9.10. The number of hydrogen-bond acceptors (Lipinski definition) is 2. The molecule has 2 aromatic rings. The maximum absolute atomic E-state index is 12.9. The van der Waals surface area contributed by atoms with Crippen LogP contribution in [-0.2, 0) is 0 Å². The van der Waals surface area contributed by atoms with Crippen molar-refractivity contribution in [2.24, 2.45) is 0 Å². The zero-order chi connectivity index (χ0) is 17.1. The van der Waals surface area contributed by atoms with Gasteiger partial charge in [0, 0.05) is 16.5 Å². The number of urea groups is 1. The van der Waals surface area contributed by atoms with E-state index >= 15 is 0 Å². The number of amides is 2. The Kier molecular flexibility index (Phi) is 3.39. The summed E-state index contributed by atoms with van der Waals surface area (Å²) in [4.78, 5) is 14.7. The quantitative estimate of drug-likeness (QED) is 0.761. The van der Waals surface area contributed by atoms with Crippen molar-refractivity contribution < 1.29 is 9.53 Å². The molecule has 0 aromatic heterocycles. The molecular formula is C19H19BrN2O2. The number of nitrogens with zero attached hydrogens (tertiary/aromatic N) is 1. The van der Waals surface area contributed by atoms with Crippen molar-refractivity contribution in [2.75, 3.05) is 4.90 Å². The van der Waals surface area contributed by atoms with E-state index in [0.29, 0.717) is 6.42 Å². The van der Waals surface area contributed by atoms with Crippen molar-refractivity contribution in [3.63, 3.8) is 0 Å². The fourth-order valence-electron chi connectivity index (χ4n) is 3.67. The van der Waals surface area contributed by atoms with Crippen molar-refractivity contribution in [1.82, 2.24) is 5.32 Å². The Bertz CT molecular complexity index is 851. The summed E-state index contributed by atoms with van der Waals surface area (Å²) in [7, 11) is 0. The predicted octanol–water partition coefficient (Wildman–Crippen LogP) is 4.84. The first-order valence-electron chi connectivity index (χ1n) is 8.04. The number of nitrogens with one attached hydrogen (secondary N) is 1. The molecule has 0 aliphatic carbocycles. The van der Waals surface area contributed by atoms with Gasteiger partial charge in [0.25, 0.3) is 0 Å². The molecule has 0 saturated carbocycles. The van der Waals surface area contributed by atoms with Gasteiger partial charge in [-0.3, -0.25) is 4.90 Å². The van der Waals surface area contributed by atoms with Crippen molar-refractivity contribution in [3.05, 3.63) is 57.6 Å². The van der Waals surface area contributed by atoms with Gasteiger partial charge in [-0.2, -0.15) is 0 Å². The molecule has 2 aliphatic rings. The molecule has 0 spiro atoms. The minimum atomic E-state index is -0.702. The molecule has 2 heterocycles. The normalized spacial score (nSPS) is 24.9. The second kappa shape index (κ2) is 5.24. The van der Waals surface area contributed by atoms with Crippen LogP contribution in [0.2, 0.25) is 0 Å². The molecule has 4 nitrogen and oxygen atoms in total. The Morgan fingerprint density at radius 2 is 2.04 bits per heavy atom. The van der Waals surface area contributed by atoms with Crippen molar-refractivity contribution in [1.29, 1.82) is 0 Å². The topological polar surface area (TPSA) is 41.6 Å². The average Bonchev–Trinajstić information content (AvgIpc) is 2.51. The monoisotopic (exact) mass is 386 g/mol. The van der Waals surface area contributed by atoms with E-state index in [-0.39, 0.29) is 12.1 Å². The van der Waals surface area contributed by atoms with Gasteiger partial charge in [0.1, 0.15) is 5.75 Å². The number of anilines is 1. The fourth-order valence-corrected chi connectivity index (χ4v) is 4.05. The minimum Gasteiger partial charge on any atom is -0.467 e. The number of fused-ring (bicyclic) bond motifs is 4. The van der Waals surface area contributed by atoms with Crippen LogP contribution in [0.4, 0.5) is 10.5 Å². The third-order valence-electron chi connectivity index (χ3n) is 4.84. The summed E-state index contributed by atoms with van der Waals surface area (Å²) in [6, 6.07) is 11.9. The molecule has 0 radical (unpaired) electrons. The lowest BCUT2D eigenvalue weighted by Crippen LogP contribution is -2.65. The number of halogens is 1. The first-order valence-corrected chi connectivity index (χ1v) is 8.83. The summed E-state index contributed by atoms with van der Waals surface area (Å²) >= 11 is 3.50. The highest BCUT2D eigenvalue weighted by atomic mass is 79.9. The summed E-state index contributed by atoms with van der Waals surface area (Å²) in [5, 5.41) is 3.14. The molecule has 2 aliphatic heterocycles. The molecule has 1 fully saturated rings. The molecule has 0 unspecified atom stereocenters. The molecule has 24 heavy (non-hydrogen) atoms. The lowest BCUT2D eigenvalue weighted by molar-refractivity contribution is 0.0377. The summed E-state index contributed by atoms with van der Waals surface area (Å²) in [5.41, 5.74) is 3.39. The van der Waals surface area contributed by atoms with Crippen molar-refractivity contribution in [3.8, 4) is 5.75 Å². The summed E-state index contributed by atoms with van der Waals surface area (Å²) in [6.07, 6.45) is 0.704. The molecule has 1 N–H and O–H groups in total. The van der Waals surface area contributed by atoms with E-state index in [1.165, 1.54) is 0 Å². The number of carbonyl (C=O) groups excluding carboxylic acids is 1. The van der Waals surface area contributed by atoms with Crippen LogP contribution >= 0.6 is 15.9 Å². The van der Waals surface area contributed by atoms with Crippen LogP contribution in [0.3, 0.4) is 0 Å². The van der Waals surface area contributed by atoms with E-state index < -0.39 is 5.72 Å². The van der Waals surface area contributed by atoms with Crippen molar-refractivity contribution >= 4 is 27.6 Å². The van der Waals surface area contributed by atoms with E-state index in [0.717, 1.165) is 32.6 Å². The smallest absolute Gasteiger partial charge is 0.325 e. The molecule has 1 saturated heterocycles. The first-order chi connectivity index (χ1) is 11.4. The zero-order valence-corrected chi connectivity index (χ0v) is 15.5. The van der Waals surface area contributed by atoms with Gasteiger partial charge in [-0.15, -0.1) is 0 Å². The van der Waals surface area contributed by atoms with Gasteiger partial charge in [-0.05, 0) is 56.2 Å². The van der Waals surface area contributed by atoms with Gasteiger partial charge < -0.3 is 10.1 Å². The van der Waals surface area contributed by atoms with E-state index in [2.05, 4.69) is 27.3 Å². The van der Waals surface area contributed by atoms with E-state index in [9.17, 15) is 4.79 Å². The Morgan fingerprint density at radius 3 is 2.83 bits per heavy atom. The SMILES string of the molecule is Cc1ccc(C)c(N2C(=O)N[C@@H]3C[C@@]2(C)Oc2ccc(Br)cc23)c1. The van der Waals surface area contributed by atoms with Gasteiger partial charge in [0.2, 0.25) is 0 Å². The zero-order valence-electron chi connectivity index (χ0n) is 13.9. The third-order valence-corrected chi connectivity index (χ3v) is 5.33. The standard InChI is InChI=1S/C19H19BrN2O2/c1-11-4-5-12(2)16(8-11)22-18(23)21-15-10-19(22,3)24-17-7-6-13(20)9-14(15)17/h4-9,15H,10H2,1-3H3,(H,21,23)/t15-,19-/m1/s1. The maximum Gasteiger partial charge on any atom is 0.325 e. The number of rotatable bonds is 1. The van der Waals surface area contributed by atoms with Gasteiger partial charge >= 0.3 is 6.03 Å². The Balaban J connectivity index is 1.83. The van der Waals surface area contributed by atoms with E-state index in [1.807, 2.05) is 51.1 Å². The Morgan fingerprint density at radius 1 is 1.25 bits per heavy atom. The van der Waals surface area contributed by atoms with Crippen LogP contribution in [0.1, 0.15) is 36.1 Å². The molecule has 2 aromatic carbocycles. The molecule has 4 rings (SSSR count). The minimum absolute atomic E-state index is 0.0369. The fraction of sp³-hybridized carbons (Fsp3) is 0.316. The lowest BCUT2D eigenvalue weighted by Gasteiger charge is -2.51. The summed E-state index contributed by atoms with van der Waals surface area (Å²) < 4.78 is 7.31. The Hall–Kier alpha value is -2.01. The molecule has 5 heteroatoms. The molecule has 2 atom stereocenters. The van der Waals surface area contributed by atoms with Gasteiger partial charge in [-0.1, -0.05) is 28.1 Å². The second-order valence-electron chi connectivity index (χ2n) is 6.79. The second-order valence-corrected chi connectivity index (χ2v) is 7.71. The summed E-state index contributed by atoms with van der Waals surface area (Å²) in [5.74, 6) is 0.826. The average molecular weight is 387 g/mol. The van der Waals surface area contributed by atoms with Crippen molar-refractivity contribution in [2.45, 2.75) is 39.0 Å². The highest BCUT2D eigenvalue weighted by Crippen LogP contribution is 2.46. The number of aryl methyl sites for hydroxylation is 2. The van der Waals surface area contributed by atoms with Crippen LogP contribution < -0.4 is 15.0 Å². The van der Waals surface area contributed by atoms with Crippen LogP contribution in [0.25, 0.3) is 0 Å². The predicted molar refractivity (Wildman–Crippen MR) is 97.5 cm³/mol. The van der Waals surface area contributed by atoms with Gasteiger partial charge in [0.05, 0.1) is 11.7 Å². The number of ether oxygens (including phenoxy) is 1. The van der Waals surface area contributed by atoms with Gasteiger partial charge in [0.15, 0.2) is 5.72 Å². The van der Waals surface area contributed by atoms with Crippen LogP contribution in [-0.4, -0.2) is 11.8 Å². The lowest BCUT2D eigenvalue weighted by atomic mass is 9.89. The Labute approximate surface area is 149 Å². The van der Waals surface area contributed by atoms with Crippen LogP contribution in [0, 0.1) is 13.8 Å². The number of benzene rings is 2. The van der Waals surface area contributed by atoms with Gasteiger partial charge in [-0.25, -0.2) is 4.79 Å². The molecule has 124 valence electrons. The molecule has 2 amide bonds. The molecule has 2 bridgehead atoms. The number of carbonyl (C=O) groups is 1. The van der Waals surface area contributed by atoms with E-state index in [1.54, 1.807) is 4.90 Å². The van der Waals surface area contributed by atoms with E-state index in [4.69, 9.17) is 4.74 Å². The third kappa shape index (κ3) is 2.30. The maximum atomic E-state index is 12.9. The van der Waals surface area contributed by atoms with Crippen LogP contribution in [0.15, 0.2) is 40.9 Å². The largest absolute Gasteiger partial charge is 0.467 e. The first kappa shape index (κ1) is 15.5. The number of hydrogen-bond donors (Lipinski definition) is 1. The van der Waals surface area contributed by atoms with Crippen LogP contribution in [0.5, 0.6) is 5.75 Å².